The molecule has 1 aliphatic rings. The Bertz CT molecular complexity index is 734. The summed E-state index contributed by atoms with van der Waals surface area (Å²) < 4.78 is 6.02. The predicted octanol–water partition coefficient (Wildman–Crippen LogP) is 3.78. The molecule has 1 aromatic heterocycles. The molecule has 0 radical (unpaired) electrons. The highest BCUT2D eigenvalue weighted by Crippen LogP contribution is 2.25. The third-order valence-corrected chi connectivity index (χ3v) is 5.60. The SMILES string of the molecule is CCc1cnc(CNC(=NC)N2CCOC(c3ccccc3C)C2)s1.I. The van der Waals surface area contributed by atoms with Gasteiger partial charge in [-0.1, -0.05) is 31.2 Å². The van der Waals surface area contributed by atoms with Crippen molar-refractivity contribution in [2.24, 2.45) is 4.99 Å². The molecule has 2 heterocycles. The minimum absolute atomic E-state index is 0. The Balaban J connectivity index is 0.00000243. The zero-order chi connectivity index (χ0) is 17.6. The number of benzene rings is 1. The van der Waals surface area contributed by atoms with Crippen LogP contribution in [0.4, 0.5) is 0 Å². The third-order valence-electron chi connectivity index (χ3n) is 4.46. The number of aryl methyl sites for hydroxylation is 2. The zero-order valence-electron chi connectivity index (χ0n) is 15.6. The van der Waals surface area contributed by atoms with Crippen molar-refractivity contribution in [2.75, 3.05) is 26.7 Å². The lowest BCUT2D eigenvalue weighted by Gasteiger charge is -2.35. The lowest BCUT2D eigenvalue weighted by molar-refractivity contribution is -0.00833. The molecule has 2 aromatic rings. The molecule has 1 aromatic carbocycles. The molecule has 0 saturated carbocycles. The molecule has 1 fully saturated rings. The van der Waals surface area contributed by atoms with E-state index >= 15 is 0 Å². The molecule has 1 N–H and O–H groups in total. The summed E-state index contributed by atoms with van der Waals surface area (Å²) in [5.74, 6) is 0.912. The van der Waals surface area contributed by atoms with Crippen molar-refractivity contribution in [3.8, 4) is 0 Å². The van der Waals surface area contributed by atoms with Crippen LogP contribution in [0.2, 0.25) is 0 Å². The van der Waals surface area contributed by atoms with Crippen molar-refractivity contribution >= 4 is 41.3 Å². The van der Waals surface area contributed by atoms with E-state index in [9.17, 15) is 0 Å². The summed E-state index contributed by atoms with van der Waals surface area (Å²) in [5, 5.41) is 4.55. The van der Waals surface area contributed by atoms with Crippen molar-refractivity contribution in [1.29, 1.82) is 0 Å². The van der Waals surface area contributed by atoms with Crippen LogP contribution in [-0.2, 0) is 17.7 Å². The summed E-state index contributed by atoms with van der Waals surface area (Å²) >= 11 is 1.76. The topological polar surface area (TPSA) is 49.8 Å². The molecule has 7 heteroatoms. The maximum absolute atomic E-state index is 6.02. The number of aliphatic imine (C=N–C) groups is 1. The number of ether oxygens (including phenoxy) is 1. The number of rotatable bonds is 4. The smallest absolute Gasteiger partial charge is 0.194 e. The van der Waals surface area contributed by atoms with Crippen LogP contribution in [0.3, 0.4) is 0 Å². The van der Waals surface area contributed by atoms with Crippen molar-refractivity contribution in [1.82, 2.24) is 15.2 Å². The quantitative estimate of drug-likeness (QED) is 0.406. The Morgan fingerprint density at radius 3 is 2.92 bits per heavy atom. The van der Waals surface area contributed by atoms with Gasteiger partial charge in [0.15, 0.2) is 5.96 Å². The van der Waals surface area contributed by atoms with E-state index in [1.165, 1.54) is 16.0 Å². The monoisotopic (exact) mass is 486 g/mol. The average molecular weight is 486 g/mol. The molecule has 0 bridgehead atoms. The molecule has 0 amide bonds. The van der Waals surface area contributed by atoms with Gasteiger partial charge in [-0.2, -0.15) is 0 Å². The van der Waals surface area contributed by atoms with Gasteiger partial charge in [0, 0.05) is 24.7 Å². The van der Waals surface area contributed by atoms with Crippen molar-refractivity contribution in [3.05, 3.63) is 51.5 Å². The van der Waals surface area contributed by atoms with E-state index in [0.717, 1.165) is 30.5 Å². The van der Waals surface area contributed by atoms with E-state index in [2.05, 4.69) is 58.3 Å². The Labute approximate surface area is 176 Å². The minimum Gasteiger partial charge on any atom is -0.370 e. The van der Waals surface area contributed by atoms with Crippen molar-refractivity contribution < 1.29 is 4.74 Å². The largest absolute Gasteiger partial charge is 0.370 e. The molecule has 1 aliphatic heterocycles. The summed E-state index contributed by atoms with van der Waals surface area (Å²) in [6, 6.07) is 8.43. The number of halogens is 1. The van der Waals surface area contributed by atoms with Crippen molar-refractivity contribution in [2.45, 2.75) is 32.9 Å². The molecule has 5 nitrogen and oxygen atoms in total. The standard InChI is InChI=1S/C19H26N4OS.HI/c1-4-15-11-21-18(25-15)12-22-19(20-3)23-9-10-24-17(13-23)16-8-6-5-7-14(16)2;/h5-8,11,17H,4,9-10,12-13H2,1-3H3,(H,20,22);1H. The fourth-order valence-electron chi connectivity index (χ4n) is 3.06. The van der Waals surface area contributed by atoms with E-state index < -0.39 is 0 Å². The maximum Gasteiger partial charge on any atom is 0.194 e. The maximum atomic E-state index is 6.02. The highest BCUT2D eigenvalue weighted by atomic mass is 127. The lowest BCUT2D eigenvalue weighted by atomic mass is 10.0. The number of thiazole rings is 1. The highest BCUT2D eigenvalue weighted by Gasteiger charge is 2.25. The number of hydrogen-bond acceptors (Lipinski definition) is 4. The van der Waals surface area contributed by atoms with Crippen LogP contribution in [0.15, 0.2) is 35.5 Å². The normalized spacial score (nSPS) is 17.7. The Hall–Kier alpha value is -1.19. The second kappa shape index (κ2) is 10.2. The van der Waals surface area contributed by atoms with Crippen LogP contribution in [0.5, 0.6) is 0 Å². The number of nitrogens with zero attached hydrogens (tertiary/aromatic N) is 3. The van der Waals surface area contributed by atoms with Gasteiger partial charge in [0.2, 0.25) is 0 Å². The first kappa shape index (κ1) is 21.1. The predicted molar refractivity (Wildman–Crippen MR) is 119 cm³/mol. The molecule has 0 aliphatic carbocycles. The molecule has 142 valence electrons. The van der Waals surface area contributed by atoms with Crippen molar-refractivity contribution in [3.63, 3.8) is 0 Å². The van der Waals surface area contributed by atoms with Crippen LogP contribution in [0, 0.1) is 6.92 Å². The van der Waals surface area contributed by atoms with E-state index in [1.54, 1.807) is 11.3 Å². The van der Waals surface area contributed by atoms with Crippen LogP contribution >= 0.6 is 35.3 Å². The van der Waals surface area contributed by atoms with Gasteiger partial charge >= 0.3 is 0 Å². The molecule has 0 spiro atoms. The number of aromatic nitrogens is 1. The zero-order valence-corrected chi connectivity index (χ0v) is 18.7. The van der Waals surface area contributed by atoms with E-state index in [1.807, 2.05) is 13.2 Å². The molecule has 1 saturated heterocycles. The Morgan fingerprint density at radius 1 is 1.42 bits per heavy atom. The van der Waals surface area contributed by atoms with Gasteiger partial charge in [0.25, 0.3) is 0 Å². The first-order valence-corrected chi connectivity index (χ1v) is 9.59. The second-order valence-corrected chi connectivity index (χ2v) is 7.34. The van der Waals surface area contributed by atoms with Gasteiger partial charge < -0.3 is 15.0 Å². The highest BCUT2D eigenvalue weighted by molar-refractivity contribution is 14.0. The van der Waals surface area contributed by atoms with Crippen LogP contribution in [-0.4, -0.2) is 42.6 Å². The number of nitrogens with one attached hydrogen (secondary N) is 1. The van der Waals surface area contributed by atoms with Gasteiger partial charge in [-0.15, -0.1) is 35.3 Å². The molecule has 1 unspecified atom stereocenters. The summed E-state index contributed by atoms with van der Waals surface area (Å²) in [4.78, 5) is 12.5. The van der Waals surface area contributed by atoms with Gasteiger partial charge in [-0.3, -0.25) is 4.99 Å². The number of hydrogen-bond donors (Lipinski definition) is 1. The number of morpholine rings is 1. The minimum atomic E-state index is 0. The fourth-order valence-corrected chi connectivity index (χ4v) is 3.86. The summed E-state index contributed by atoms with van der Waals surface area (Å²) in [6.45, 7) is 7.37. The van der Waals surface area contributed by atoms with Crippen LogP contribution in [0.25, 0.3) is 0 Å². The van der Waals surface area contributed by atoms with Gasteiger partial charge in [-0.25, -0.2) is 4.98 Å². The Kier molecular flexibility index (Phi) is 8.30. The first-order chi connectivity index (χ1) is 12.2. The summed E-state index contributed by atoms with van der Waals surface area (Å²) in [7, 11) is 1.83. The summed E-state index contributed by atoms with van der Waals surface area (Å²) in [5.41, 5.74) is 2.53. The average Bonchev–Trinajstić information content (AvgIpc) is 3.11. The van der Waals surface area contributed by atoms with Gasteiger partial charge in [0.1, 0.15) is 11.1 Å². The molecule has 26 heavy (non-hydrogen) atoms. The van der Waals surface area contributed by atoms with Crippen LogP contribution in [0.1, 0.15) is 34.0 Å². The Morgan fingerprint density at radius 2 is 2.23 bits per heavy atom. The molecule has 3 rings (SSSR count). The van der Waals surface area contributed by atoms with E-state index in [0.29, 0.717) is 13.2 Å². The molecular formula is C19H27IN4OS. The summed E-state index contributed by atoms with van der Waals surface area (Å²) in [6.07, 6.45) is 3.08. The first-order valence-electron chi connectivity index (χ1n) is 8.77. The van der Waals surface area contributed by atoms with E-state index in [4.69, 9.17) is 4.74 Å². The van der Waals surface area contributed by atoms with Gasteiger partial charge in [-0.05, 0) is 24.5 Å². The van der Waals surface area contributed by atoms with E-state index in [-0.39, 0.29) is 30.1 Å². The third kappa shape index (κ3) is 5.17. The molecule has 1 atom stereocenters. The molecular weight excluding hydrogens is 459 g/mol. The number of guanidine groups is 1. The fraction of sp³-hybridized carbons (Fsp3) is 0.474. The second-order valence-electron chi connectivity index (χ2n) is 6.14. The van der Waals surface area contributed by atoms with Crippen LogP contribution < -0.4 is 5.32 Å². The lowest BCUT2D eigenvalue weighted by Crippen LogP contribution is -2.48. The van der Waals surface area contributed by atoms with Gasteiger partial charge in [0.05, 0.1) is 19.7 Å².